The SMILES string of the molecule is COC[C@H](NC(=S)c1c(-c2ccc(Nc3nc4ccc(F)cc4s3)cc2)noc1-c1ccccc1)C(=O)O. The summed E-state index contributed by atoms with van der Waals surface area (Å²) in [5.41, 5.74) is 3.88. The number of benzene rings is 3. The van der Waals surface area contributed by atoms with Crippen molar-refractivity contribution in [2.45, 2.75) is 6.04 Å². The van der Waals surface area contributed by atoms with Crippen molar-refractivity contribution < 1.29 is 23.6 Å². The zero-order valence-corrected chi connectivity index (χ0v) is 21.6. The number of carbonyl (C=O) groups is 1. The number of thiocarbonyl (C=S) groups is 1. The number of nitrogens with one attached hydrogen (secondary N) is 2. The molecule has 192 valence electrons. The van der Waals surface area contributed by atoms with E-state index in [1.54, 1.807) is 6.07 Å². The maximum absolute atomic E-state index is 13.5. The van der Waals surface area contributed by atoms with E-state index in [4.69, 9.17) is 21.5 Å². The Balaban J connectivity index is 1.46. The number of rotatable bonds is 9. The average molecular weight is 549 g/mol. The Morgan fingerprint density at radius 1 is 1.13 bits per heavy atom. The van der Waals surface area contributed by atoms with Crippen LogP contribution in [-0.4, -0.2) is 46.0 Å². The molecule has 0 aliphatic rings. The summed E-state index contributed by atoms with van der Waals surface area (Å²) >= 11 is 6.99. The van der Waals surface area contributed by atoms with Gasteiger partial charge in [0.15, 0.2) is 10.9 Å². The summed E-state index contributed by atoms with van der Waals surface area (Å²) in [4.78, 5) is 16.4. The molecule has 3 N–H and O–H groups in total. The molecule has 38 heavy (non-hydrogen) atoms. The molecule has 0 aliphatic heterocycles. The fourth-order valence-corrected chi connectivity index (χ4v) is 5.09. The summed E-state index contributed by atoms with van der Waals surface area (Å²) in [7, 11) is 1.42. The molecule has 0 amide bonds. The first-order valence-corrected chi connectivity index (χ1v) is 12.7. The second-order valence-corrected chi connectivity index (χ2v) is 9.69. The third kappa shape index (κ3) is 5.40. The Morgan fingerprint density at radius 2 is 1.89 bits per heavy atom. The van der Waals surface area contributed by atoms with Crippen LogP contribution in [0.5, 0.6) is 0 Å². The second kappa shape index (κ2) is 11.1. The van der Waals surface area contributed by atoms with Crippen molar-refractivity contribution >= 4 is 55.5 Å². The summed E-state index contributed by atoms with van der Waals surface area (Å²) in [5, 5.41) is 20.6. The van der Waals surface area contributed by atoms with E-state index in [-0.39, 0.29) is 17.4 Å². The molecule has 8 nitrogen and oxygen atoms in total. The molecule has 0 aliphatic carbocycles. The number of ether oxygens (including phenoxy) is 1. The molecular weight excluding hydrogens is 527 g/mol. The quantitative estimate of drug-likeness (QED) is 0.195. The van der Waals surface area contributed by atoms with Crippen LogP contribution in [0.15, 0.2) is 77.3 Å². The molecule has 0 saturated carbocycles. The van der Waals surface area contributed by atoms with E-state index >= 15 is 0 Å². The molecule has 5 rings (SSSR count). The van der Waals surface area contributed by atoms with Gasteiger partial charge in [0.25, 0.3) is 0 Å². The van der Waals surface area contributed by atoms with Gasteiger partial charge in [-0.1, -0.05) is 71.2 Å². The number of hydrogen-bond donors (Lipinski definition) is 3. The third-order valence-electron chi connectivity index (χ3n) is 5.65. The van der Waals surface area contributed by atoms with Crippen LogP contribution in [-0.2, 0) is 9.53 Å². The van der Waals surface area contributed by atoms with Crippen LogP contribution < -0.4 is 10.6 Å². The maximum atomic E-state index is 13.5. The van der Waals surface area contributed by atoms with Crippen molar-refractivity contribution in [1.29, 1.82) is 0 Å². The van der Waals surface area contributed by atoms with E-state index in [1.807, 2.05) is 54.6 Å². The van der Waals surface area contributed by atoms with E-state index in [9.17, 15) is 14.3 Å². The van der Waals surface area contributed by atoms with Gasteiger partial charge in [-0.05, 0) is 30.3 Å². The van der Waals surface area contributed by atoms with Gasteiger partial charge in [-0.3, -0.25) is 0 Å². The Bertz CT molecular complexity index is 1600. The summed E-state index contributed by atoms with van der Waals surface area (Å²) in [5.74, 6) is -0.982. The van der Waals surface area contributed by atoms with Gasteiger partial charge in [0.2, 0.25) is 0 Å². The standard InChI is InChI=1S/C27H21FN4O4S2/c1-35-14-20(26(33)34)30-25(37)22-23(32-36-24(22)16-5-3-2-4-6-16)15-7-10-18(11-8-15)29-27-31-19-12-9-17(28)13-21(19)38-27/h2-13,20H,14H2,1H3,(H,29,31)(H,30,37)(H,33,34)/t20-/m0/s1. The predicted molar refractivity (Wildman–Crippen MR) is 148 cm³/mol. The molecule has 2 aromatic heterocycles. The van der Waals surface area contributed by atoms with Crippen molar-refractivity contribution in [2.75, 3.05) is 19.0 Å². The highest BCUT2D eigenvalue weighted by Gasteiger charge is 2.26. The molecule has 0 fully saturated rings. The Hall–Kier alpha value is -4.19. The van der Waals surface area contributed by atoms with E-state index in [1.165, 1.54) is 30.6 Å². The first-order chi connectivity index (χ1) is 18.4. The minimum atomic E-state index is -1.10. The smallest absolute Gasteiger partial charge is 0.328 e. The summed E-state index contributed by atoms with van der Waals surface area (Å²) in [6.45, 7) is -0.0739. The lowest BCUT2D eigenvalue weighted by Crippen LogP contribution is -2.43. The van der Waals surface area contributed by atoms with Crippen LogP contribution in [0.4, 0.5) is 15.2 Å². The zero-order chi connectivity index (χ0) is 26.6. The van der Waals surface area contributed by atoms with Crippen LogP contribution in [0.1, 0.15) is 5.56 Å². The minimum Gasteiger partial charge on any atom is -0.480 e. The lowest BCUT2D eigenvalue weighted by atomic mass is 10.0. The van der Waals surface area contributed by atoms with Crippen LogP contribution in [0.3, 0.4) is 0 Å². The number of fused-ring (bicyclic) bond motifs is 1. The number of halogens is 1. The largest absolute Gasteiger partial charge is 0.480 e. The van der Waals surface area contributed by atoms with E-state index in [0.29, 0.717) is 33.2 Å². The number of nitrogens with zero attached hydrogens (tertiary/aromatic N) is 2. The molecule has 1 atom stereocenters. The van der Waals surface area contributed by atoms with Crippen molar-refractivity contribution in [3.63, 3.8) is 0 Å². The van der Waals surface area contributed by atoms with Gasteiger partial charge in [0.05, 0.1) is 22.4 Å². The van der Waals surface area contributed by atoms with E-state index in [0.717, 1.165) is 16.0 Å². The second-order valence-electron chi connectivity index (χ2n) is 8.25. The normalized spacial score (nSPS) is 11.8. The van der Waals surface area contributed by atoms with Crippen molar-refractivity contribution in [3.05, 3.63) is 84.2 Å². The first-order valence-electron chi connectivity index (χ1n) is 11.4. The number of aliphatic carboxylic acids is 1. The van der Waals surface area contributed by atoms with Gasteiger partial charge in [0.1, 0.15) is 22.5 Å². The minimum absolute atomic E-state index is 0.0739. The number of thiazole rings is 1. The number of methoxy groups -OCH3 is 1. The molecule has 2 heterocycles. The van der Waals surface area contributed by atoms with Gasteiger partial charge < -0.3 is 25.0 Å². The van der Waals surface area contributed by atoms with E-state index < -0.39 is 12.0 Å². The van der Waals surface area contributed by atoms with Crippen LogP contribution in [0.25, 0.3) is 32.8 Å². The number of aromatic nitrogens is 2. The molecule has 0 spiro atoms. The Labute approximate surface area is 226 Å². The van der Waals surface area contributed by atoms with Gasteiger partial charge in [-0.25, -0.2) is 14.2 Å². The number of carboxylic acids is 1. The molecule has 0 radical (unpaired) electrons. The molecule has 0 unspecified atom stereocenters. The first kappa shape index (κ1) is 25.5. The molecule has 5 aromatic rings. The highest BCUT2D eigenvalue weighted by Crippen LogP contribution is 2.34. The fourth-order valence-electron chi connectivity index (χ4n) is 3.84. The van der Waals surface area contributed by atoms with Crippen molar-refractivity contribution in [1.82, 2.24) is 15.5 Å². The number of hydrogen-bond acceptors (Lipinski definition) is 8. The van der Waals surface area contributed by atoms with Gasteiger partial charge >= 0.3 is 5.97 Å². The van der Waals surface area contributed by atoms with Gasteiger partial charge in [0, 0.05) is 23.9 Å². The third-order valence-corrected chi connectivity index (χ3v) is 6.91. The Morgan fingerprint density at radius 3 is 2.61 bits per heavy atom. The van der Waals surface area contributed by atoms with Crippen LogP contribution in [0, 0.1) is 5.82 Å². The molecule has 3 aromatic carbocycles. The molecular formula is C27H21FN4O4S2. The topological polar surface area (TPSA) is 110 Å². The maximum Gasteiger partial charge on any atom is 0.328 e. The van der Waals surface area contributed by atoms with Crippen molar-refractivity contribution in [2.24, 2.45) is 0 Å². The lowest BCUT2D eigenvalue weighted by molar-refractivity contribution is -0.140. The zero-order valence-electron chi connectivity index (χ0n) is 20.0. The van der Waals surface area contributed by atoms with Crippen LogP contribution >= 0.6 is 23.6 Å². The van der Waals surface area contributed by atoms with Crippen LogP contribution in [0.2, 0.25) is 0 Å². The monoisotopic (exact) mass is 548 g/mol. The summed E-state index contributed by atoms with van der Waals surface area (Å²) < 4.78 is 25.0. The summed E-state index contributed by atoms with van der Waals surface area (Å²) in [6.07, 6.45) is 0. The fraction of sp³-hybridized carbons (Fsp3) is 0.111. The lowest BCUT2D eigenvalue weighted by Gasteiger charge is -2.16. The Kier molecular flexibility index (Phi) is 7.40. The van der Waals surface area contributed by atoms with Gasteiger partial charge in [-0.15, -0.1) is 0 Å². The molecule has 11 heteroatoms. The average Bonchev–Trinajstić information content (AvgIpc) is 3.53. The van der Waals surface area contributed by atoms with E-state index in [2.05, 4.69) is 20.8 Å². The molecule has 0 saturated heterocycles. The highest BCUT2D eigenvalue weighted by atomic mass is 32.1. The summed E-state index contributed by atoms with van der Waals surface area (Å²) in [6, 6.07) is 20.1. The molecule has 0 bridgehead atoms. The van der Waals surface area contributed by atoms with Crippen molar-refractivity contribution in [3.8, 4) is 22.6 Å². The number of anilines is 2. The predicted octanol–water partition coefficient (Wildman–Crippen LogP) is 5.87. The van der Waals surface area contributed by atoms with Gasteiger partial charge in [-0.2, -0.15) is 0 Å². The number of carboxylic acid groups (broad SMARTS) is 1. The highest BCUT2D eigenvalue weighted by molar-refractivity contribution is 7.80.